The molecular weight excluding hydrogens is 288 g/mol. The number of nitrogens with one attached hydrogen (secondary N) is 1. The minimum absolute atomic E-state index is 0.0830. The van der Waals surface area contributed by atoms with E-state index >= 15 is 0 Å². The standard InChI is InChI=1S/C14H18N4O2S/c1-8(2)20-11-5-9(15)6-12(7-11)21-14-17-16-13(19)18(14)10-3-4-10/h5-8,10H,3-4,15H2,1-2H3,(H,16,19). The minimum atomic E-state index is -0.150. The highest BCUT2D eigenvalue weighted by Crippen LogP contribution is 2.38. The highest BCUT2D eigenvalue weighted by Gasteiger charge is 2.28. The number of rotatable bonds is 5. The molecule has 1 fully saturated rings. The third-order valence-electron chi connectivity index (χ3n) is 3.07. The SMILES string of the molecule is CC(C)Oc1cc(N)cc(Sc2n[nH]c(=O)n2C2CC2)c1. The molecule has 1 aliphatic carbocycles. The Morgan fingerprint density at radius 1 is 1.43 bits per heavy atom. The van der Waals surface area contributed by atoms with Crippen molar-refractivity contribution in [3.63, 3.8) is 0 Å². The number of aromatic amines is 1. The number of nitrogens with zero attached hydrogens (tertiary/aromatic N) is 2. The summed E-state index contributed by atoms with van der Waals surface area (Å²) >= 11 is 1.42. The maximum atomic E-state index is 11.8. The van der Waals surface area contributed by atoms with Crippen molar-refractivity contribution in [1.29, 1.82) is 0 Å². The third-order valence-corrected chi connectivity index (χ3v) is 4.01. The Morgan fingerprint density at radius 2 is 2.19 bits per heavy atom. The van der Waals surface area contributed by atoms with E-state index in [1.165, 1.54) is 11.8 Å². The van der Waals surface area contributed by atoms with E-state index in [4.69, 9.17) is 10.5 Å². The van der Waals surface area contributed by atoms with Gasteiger partial charge in [0.1, 0.15) is 5.75 Å². The minimum Gasteiger partial charge on any atom is -0.491 e. The average Bonchev–Trinajstić information content (AvgIpc) is 3.13. The molecule has 0 atom stereocenters. The molecule has 6 nitrogen and oxygen atoms in total. The molecular formula is C14H18N4O2S. The van der Waals surface area contributed by atoms with Crippen LogP contribution < -0.4 is 16.2 Å². The Labute approximate surface area is 126 Å². The normalized spacial score (nSPS) is 14.6. The van der Waals surface area contributed by atoms with Gasteiger partial charge < -0.3 is 10.5 Å². The predicted octanol–water partition coefficient (Wildman–Crippen LogP) is 2.43. The van der Waals surface area contributed by atoms with Gasteiger partial charge in [0.15, 0.2) is 5.16 Å². The Kier molecular flexibility index (Phi) is 3.67. The van der Waals surface area contributed by atoms with Gasteiger partial charge in [-0.2, -0.15) is 0 Å². The van der Waals surface area contributed by atoms with Crippen LogP contribution in [0.5, 0.6) is 5.75 Å². The van der Waals surface area contributed by atoms with Crippen LogP contribution in [0.4, 0.5) is 5.69 Å². The number of aromatic nitrogens is 3. The number of anilines is 1. The number of ether oxygens (including phenoxy) is 1. The molecule has 0 amide bonds. The summed E-state index contributed by atoms with van der Waals surface area (Å²) in [6, 6.07) is 5.85. The number of H-pyrrole nitrogens is 1. The van der Waals surface area contributed by atoms with Crippen LogP contribution >= 0.6 is 11.8 Å². The summed E-state index contributed by atoms with van der Waals surface area (Å²) < 4.78 is 7.40. The van der Waals surface area contributed by atoms with Gasteiger partial charge in [0.05, 0.1) is 6.10 Å². The summed E-state index contributed by atoms with van der Waals surface area (Å²) in [5, 5.41) is 7.28. The molecule has 2 aromatic rings. The maximum absolute atomic E-state index is 11.8. The summed E-state index contributed by atoms with van der Waals surface area (Å²) in [6.07, 6.45) is 2.15. The first kappa shape index (κ1) is 14.1. The van der Waals surface area contributed by atoms with Crippen LogP contribution in [-0.2, 0) is 0 Å². The van der Waals surface area contributed by atoms with Gasteiger partial charge in [-0.25, -0.2) is 9.89 Å². The van der Waals surface area contributed by atoms with Crippen molar-refractivity contribution in [1.82, 2.24) is 14.8 Å². The zero-order valence-electron chi connectivity index (χ0n) is 12.0. The first-order valence-corrected chi connectivity index (χ1v) is 7.76. The van der Waals surface area contributed by atoms with Crippen LogP contribution in [-0.4, -0.2) is 20.9 Å². The van der Waals surface area contributed by atoms with E-state index in [-0.39, 0.29) is 17.8 Å². The van der Waals surface area contributed by atoms with Gasteiger partial charge in [-0.05, 0) is 50.6 Å². The van der Waals surface area contributed by atoms with Crippen LogP contribution in [0.3, 0.4) is 0 Å². The van der Waals surface area contributed by atoms with E-state index in [9.17, 15) is 4.79 Å². The maximum Gasteiger partial charge on any atom is 0.344 e. The molecule has 0 saturated heterocycles. The van der Waals surface area contributed by atoms with Crippen molar-refractivity contribution < 1.29 is 4.74 Å². The quantitative estimate of drug-likeness (QED) is 0.829. The van der Waals surface area contributed by atoms with Gasteiger partial charge in [-0.1, -0.05) is 0 Å². The van der Waals surface area contributed by atoms with Crippen molar-refractivity contribution in [3.8, 4) is 5.75 Å². The molecule has 7 heteroatoms. The zero-order valence-corrected chi connectivity index (χ0v) is 12.8. The number of hydrogen-bond donors (Lipinski definition) is 2. The summed E-state index contributed by atoms with van der Waals surface area (Å²) in [5.74, 6) is 0.725. The molecule has 1 aromatic heterocycles. The van der Waals surface area contributed by atoms with E-state index in [0.29, 0.717) is 10.8 Å². The molecule has 0 bridgehead atoms. The molecule has 3 N–H and O–H groups in total. The number of nitrogens with two attached hydrogens (primary N) is 1. The Morgan fingerprint density at radius 3 is 2.86 bits per heavy atom. The molecule has 0 unspecified atom stereocenters. The summed E-state index contributed by atoms with van der Waals surface area (Å²) in [5.41, 5.74) is 6.39. The molecule has 21 heavy (non-hydrogen) atoms. The third kappa shape index (κ3) is 3.24. The fourth-order valence-corrected chi connectivity index (χ4v) is 3.12. The highest BCUT2D eigenvalue weighted by molar-refractivity contribution is 7.99. The molecule has 1 aromatic carbocycles. The molecule has 0 spiro atoms. The van der Waals surface area contributed by atoms with Gasteiger partial charge in [-0.3, -0.25) is 4.57 Å². The highest BCUT2D eigenvalue weighted by atomic mass is 32.2. The van der Waals surface area contributed by atoms with Gasteiger partial charge in [0.25, 0.3) is 0 Å². The van der Waals surface area contributed by atoms with E-state index < -0.39 is 0 Å². The predicted molar refractivity (Wildman–Crippen MR) is 81.9 cm³/mol. The van der Waals surface area contributed by atoms with Crippen LogP contribution in [0.25, 0.3) is 0 Å². The topological polar surface area (TPSA) is 85.9 Å². The van der Waals surface area contributed by atoms with Crippen LogP contribution in [0.2, 0.25) is 0 Å². The lowest BCUT2D eigenvalue weighted by atomic mass is 10.3. The first-order valence-electron chi connectivity index (χ1n) is 6.95. The molecule has 1 heterocycles. The second-order valence-electron chi connectivity index (χ2n) is 5.42. The lowest BCUT2D eigenvalue weighted by molar-refractivity contribution is 0.242. The monoisotopic (exact) mass is 306 g/mol. The first-order chi connectivity index (χ1) is 10.0. The van der Waals surface area contributed by atoms with Crippen molar-refractivity contribution in [3.05, 3.63) is 28.7 Å². The summed E-state index contributed by atoms with van der Waals surface area (Å²) in [7, 11) is 0. The van der Waals surface area contributed by atoms with Crippen LogP contribution in [0.1, 0.15) is 32.7 Å². The van der Waals surface area contributed by atoms with Gasteiger partial charge >= 0.3 is 5.69 Å². The van der Waals surface area contributed by atoms with Crippen molar-refractivity contribution >= 4 is 17.4 Å². The lowest BCUT2D eigenvalue weighted by Gasteiger charge is -2.12. The Hall–Kier alpha value is -1.89. The lowest BCUT2D eigenvalue weighted by Crippen LogP contribution is -2.16. The fourth-order valence-electron chi connectivity index (χ4n) is 2.12. The average molecular weight is 306 g/mol. The van der Waals surface area contributed by atoms with Crippen molar-refractivity contribution in [2.75, 3.05) is 5.73 Å². The number of nitrogen functional groups attached to an aromatic ring is 1. The van der Waals surface area contributed by atoms with Gasteiger partial charge in [-0.15, -0.1) is 5.10 Å². The Balaban J connectivity index is 1.87. The fraction of sp³-hybridized carbons (Fsp3) is 0.429. The second-order valence-corrected chi connectivity index (χ2v) is 6.46. The Bertz CT molecular complexity index is 703. The molecule has 0 radical (unpaired) electrons. The van der Waals surface area contributed by atoms with Gasteiger partial charge in [0, 0.05) is 22.7 Å². The number of benzene rings is 1. The van der Waals surface area contributed by atoms with E-state index in [0.717, 1.165) is 23.5 Å². The molecule has 1 saturated carbocycles. The van der Waals surface area contributed by atoms with Gasteiger partial charge in [0.2, 0.25) is 0 Å². The van der Waals surface area contributed by atoms with Crippen LogP contribution in [0, 0.1) is 0 Å². The molecule has 1 aliphatic rings. The van der Waals surface area contributed by atoms with E-state index in [1.54, 1.807) is 10.6 Å². The second kappa shape index (κ2) is 5.48. The van der Waals surface area contributed by atoms with Crippen molar-refractivity contribution in [2.24, 2.45) is 0 Å². The van der Waals surface area contributed by atoms with E-state index in [1.807, 2.05) is 26.0 Å². The summed E-state index contributed by atoms with van der Waals surface area (Å²) in [4.78, 5) is 12.7. The van der Waals surface area contributed by atoms with Crippen LogP contribution in [0.15, 0.2) is 33.0 Å². The zero-order chi connectivity index (χ0) is 15.0. The molecule has 112 valence electrons. The summed E-state index contributed by atoms with van der Waals surface area (Å²) in [6.45, 7) is 3.93. The number of hydrogen-bond acceptors (Lipinski definition) is 5. The largest absolute Gasteiger partial charge is 0.491 e. The molecule has 0 aliphatic heterocycles. The van der Waals surface area contributed by atoms with E-state index in [2.05, 4.69) is 10.2 Å². The molecule has 3 rings (SSSR count). The smallest absolute Gasteiger partial charge is 0.344 e. The van der Waals surface area contributed by atoms with Crippen molar-refractivity contribution in [2.45, 2.75) is 48.9 Å².